The number of fused-ring (bicyclic) bond motifs is 9. The zero-order valence-corrected chi connectivity index (χ0v) is 25.4. The molecule has 0 unspecified atom stereocenters. The predicted octanol–water partition coefficient (Wildman–Crippen LogP) is 12.1. The average Bonchev–Trinajstić information content (AvgIpc) is 3.69. The second-order valence-corrected chi connectivity index (χ2v) is 12.8. The van der Waals surface area contributed by atoms with Gasteiger partial charge in [-0.1, -0.05) is 115 Å². The van der Waals surface area contributed by atoms with Gasteiger partial charge in [-0.05, 0) is 57.6 Å². The van der Waals surface area contributed by atoms with Gasteiger partial charge in [0.15, 0.2) is 5.82 Å². The molecule has 0 amide bonds. The van der Waals surface area contributed by atoms with E-state index in [1.54, 1.807) is 11.3 Å². The number of rotatable bonds is 3. The molecule has 3 aromatic heterocycles. The van der Waals surface area contributed by atoms with Gasteiger partial charge in [-0.15, -0.1) is 11.3 Å². The van der Waals surface area contributed by atoms with Gasteiger partial charge in [-0.25, -0.2) is 9.97 Å². The van der Waals surface area contributed by atoms with E-state index in [4.69, 9.17) is 14.4 Å². The molecule has 46 heavy (non-hydrogen) atoms. The van der Waals surface area contributed by atoms with E-state index in [2.05, 4.69) is 140 Å². The number of hydrogen-bond donors (Lipinski definition) is 0. The molecular formula is C42H24N2OS. The Morgan fingerprint density at radius 2 is 1.22 bits per heavy atom. The van der Waals surface area contributed by atoms with Crippen molar-refractivity contribution in [1.82, 2.24) is 9.97 Å². The molecule has 0 fully saturated rings. The number of aromatic nitrogens is 2. The van der Waals surface area contributed by atoms with Gasteiger partial charge in [0.1, 0.15) is 11.2 Å². The Hall–Kier alpha value is -5.84. The summed E-state index contributed by atoms with van der Waals surface area (Å²) < 4.78 is 8.95. The topological polar surface area (TPSA) is 38.9 Å². The van der Waals surface area contributed by atoms with E-state index in [1.807, 2.05) is 6.07 Å². The maximum atomic E-state index is 6.66. The first-order chi connectivity index (χ1) is 22.8. The van der Waals surface area contributed by atoms with E-state index in [0.29, 0.717) is 0 Å². The van der Waals surface area contributed by atoms with Crippen LogP contribution in [0, 0.1) is 0 Å². The fourth-order valence-corrected chi connectivity index (χ4v) is 7.98. The molecule has 0 spiro atoms. The van der Waals surface area contributed by atoms with Crippen LogP contribution in [0.4, 0.5) is 0 Å². The average molecular weight is 605 g/mol. The quantitative estimate of drug-likeness (QED) is 0.201. The highest BCUT2D eigenvalue weighted by Gasteiger charge is 2.21. The Morgan fingerprint density at radius 3 is 2.11 bits per heavy atom. The molecule has 0 N–H and O–H groups in total. The zero-order valence-electron chi connectivity index (χ0n) is 24.6. The highest BCUT2D eigenvalue weighted by Crippen LogP contribution is 2.45. The molecule has 0 aliphatic carbocycles. The van der Waals surface area contributed by atoms with Gasteiger partial charge in [0.2, 0.25) is 0 Å². The van der Waals surface area contributed by atoms with Crippen molar-refractivity contribution >= 4 is 75.1 Å². The van der Waals surface area contributed by atoms with E-state index in [9.17, 15) is 0 Å². The van der Waals surface area contributed by atoms with Crippen molar-refractivity contribution in [2.75, 3.05) is 0 Å². The number of furan rings is 1. The summed E-state index contributed by atoms with van der Waals surface area (Å²) in [4.78, 5) is 10.6. The van der Waals surface area contributed by atoms with Crippen molar-refractivity contribution < 1.29 is 4.42 Å². The lowest BCUT2D eigenvalue weighted by molar-refractivity contribution is 0.673. The summed E-state index contributed by atoms with van der Waals surface area (Å²) in [6.45, 7) is 0. The SMILES string of the molecule is c1ccc(-c2ccc3c(c2)oc2c4ccccc4c(-c4nc(-c5ccc6ccccc6c5)nc5c4sc4ccccc45)cc32)cc1. The van der Waals surface area contributed by atoms with Crippen LogP contribution in [-0.2, 0) is 0 Å². The summed E-state index contributed by atoms with van der Waals surface area (Å²) in [5.41, 5.74) is 8.11. The van der Waals surface area contributed by atoms with E-state index in [0.717, 1.165) is 76.5 Å². The molecule has 7 aromatic carbocycles. The van der Waals surface area contributed by atoms with Crippen molar-refractivity contribution in [2.24, 2.45) is 0 Å². The Kier molecular flexibility index (Phi) is 5.45. The van der Waals surface area contributed by atoms with Crippen LogP contribution in [-0.4, -0.2) is 9.97 Å². The van der Waals surface area contributed by atoms with Crippen LogP contribution >= 0.6 is 11.3 Å². The van der Waals surface area contributed by atoms with Crippen molar-refractivity contribution in [1.29, 1.82) is 0 Å². The van der Waals surface area contributed by atoms with Crippen molar-refractivity contribution in [3.05, 3.63) is 146 Å². The molecule has 0 aliphatic heterocycles. The number of benzene rings is 7. The molecule has 3 heterocycles. The molecule has 0 saturated heterocycles. The molecule has 0 atom stereocenters. The van der Waals surface area contributed by atoms with Gasteiger partial charge in [0.25, 0.3) is 0 Å². The van der Waals surface area contributed by atoms with Gasteiger partial charge in [-0.2, -0.15) is 0 Å². The molecule has 3 nitrogen and oxygen atoms in total. The van der Waals surface area contributed by atoms with E-state index >= 15 is 0 Å². The molecule has 10 rings (SSSR count). The predicted molar refractivity (Wildman–Crippen MR) is 194 cm³/mol. The molecule has 0 radical (unpaired) electrons. The number of thiophene rings is 1. The van der Waals surface area contributed by atoms with E-state index < -0.39 is 0 Å². The maximum Gasteiger partial charge on any atom is 0.160 e. The van der Waals surface area contributed by atoms with Crippen LogP contribution in [0.15, 0.2) is 150 Å². The van der Waals surface area contributed by atoms with Gasteiger partial charge in [-0.3, -0.25) is 0 Å². The lowest BCUT2D eigenvalue weighted by Gasteiger charge is -2.11. The number of hydrogen-bond acceptors (Lipinski definition) is 4. The van der Waals surface area contributed by atoms with Gasteiger partial charge < -0.3 is 4.42 Å². The minimum absolute atomic E-state index is 0.727. The number of nitrogens with zero attached hydrogens (tertiary/aromatic N) is 2. The smallest absolute Gasteiger partial charge is 0.160 e. The molecule has 0 aliphatic rings. The summed E-state index contributed by atoms with van der Waals surface area (Å²) in [7, 11) is 0. The highest BCUT2D eigenvalue weighted by molar-refractivity contribution is 7.26. The Bertz CT molecular complexity index is 2810. The van der Waals surface area contributed by atoms with E-state index in [1.165, 1.54) is 21.0 Å². The largest absolute Gasteiger partial charge is 0.455 e. The van der Waals surface area contributed by atoms with Crippen LogP contribution in [0.1, 0.15) is 0 Å². The normalized spacial score (nSPS) is 11.9. The third-order valence-corrected chi connectivity index (χ3v) is 10.2. The van der Waals surface area contributed by atoms with Gasteiger partial charge in [0.05, 0.1) is 15.9 Å². The summed E-state index contributed by atoms with van der Waals surface area (Å²) in [6, 6.07) is 51.3. The third kappa shape index (κ3) is 3.84. The molecule has 4 heteroatoms. The second kappa shape index (κ2) is 9.83. The van der Waals surface area contributed by atoms with Crippen LogP contribution < -0.4 is 0 Å². The van der Waals surface area contributed by atoms with Crippen LogP contribution in [0.25, 0.3) is 97.6 Å². The fraction of sp³-hybridized carbons (Fsp3) is 0. The first-order valence-corrected chi connectivity index (χ1v) is 16.2. The summed E-state index contributed by atoms with van der Waals surface area (Å²) in [5.74, 6) is 0.727. The first-order valence-electron chi connectivity index (χ1n) is 15.4. The standard InChI is InChI=1S/C42H24N2OS/c1-2-10-25(11-3-1)28-20-21-31-35-24-34(30-14-6-7-15-32(30)40(35)45-36(31)23-28)39-41-38(33-16-8-9-17-37(33)46-41)43-42(44-39)29-19-18-26-12-4-5-13-27(26)22-29/h1-24H. The summed E-state index contributed by atoms with van der Waals surface area (Å²) in [6.07, 6.45) is 0. The van der Waals surface area contributed by atoms with Crippen molar-refractivity contribution in [3.63, 3.8) is 0 Å². The monoisotopic (exact) mass is 604 g/mol. The lowest BCUT2D eigenvalue weighted by atomic mass is 9.97. The molecule has 0 saturated carbocycles. The molecule has 10 aromatic rings. The van der Waals surface area contributed by atoms with Crippen LogP contribution in [0.5, 0.6) is 0 Å². The van der Waals surface area contributed by atoms with Gasteiger partial charge in [0, 0.05) is 37.4 Å². The summed E-state index contributed by atoms with van der Waals surface area (Å²) >= 11 is 1.76. The Morgan fingerprint density at radius 1 is 0.478 bits per heavy atom. The van der Waals surface area contributed by atoms with Crippen LogP contribution in [0.2, 0.25) is 0 Å². The van der Waals surface area contributed by atoms with Crippen molar-refractivity contribution in [3.8, 4) is 33.8 Å². The fourth-order valence-electron chi connectivity index (χ4n) is 6.84. The third-order valence-electron chi connectivity index (χ3n) is 9.07. The molecule has 0 bridgehead atoms. The Balaban J connectivity index is 1.28. The van der Waals surface area contributed by atoms with Crippen molar-refractivity contribution in [2.45, 2.75) is 0 Å². The summed E-state index contributed by atoms with van der Waals surface area (Å²) in [5, 5.41) is 7.90. The molecule has 214 valence electrons. The highest BCUT2D eigenvalue weighted by atomic mass is 32.1. The zero-order chi connectivity index (χ0) is 30.2. The van der Waals surface area contributed by atoms with E-state index in [-0.39, 0.29) is 0 Å². The first kappa shape index (κ1) is 25.5. The minimum Gasteiger partial charge on any atom is -0.455 e. The maximum absolute atomic E-state index is 6.66. The lowest BCUT2D eigenvalue weighted by Crippen LogP contribution is -1.94. The minimum atomic E-state index is 0.727. The molecular weight excluding hydrogens is 581 g/mol. The second-order valence-electron chi connectivity index (χ2n) is 11.8. The van der Waals surface area contributed by atoms with Gasteiger partial charge >= 0.3 is 0 Å². The van der Waals surface area contributed by atoms with Crippen LogP contribution in [0.3, 0.4) is 0 Å². The Labute approximate surface area is 268 Å².